The van der Waals surface area contributed by atoms with Gasteiger partial charge in [0.05, 0.1) is 43.7 Å². The molecule has 2 aromatic rings. The van der Waals surface area contributed by atoms with Gasteiger partial charge in [-0.25, -0.2) is 4.98 Å². The topological polar surface area (TPSA) is 112 Å². The van der Waals surface area contributed by atoms with Crippen LogP contribution in [0.1, 0.15) is 38.2 Å². The number of pyridine rings is 1. The minimum Gasteiger partial charge on any atom is -0.385 e. The summed E-state index contributed by atoms with van der Waals surface area (Å²) in [6, 6.07) is 4.54. The summed E-state index contributed by atoms with van der Waals surface area (Å²) in [4.78, 5) is 7.16. The first kappa shape index (κ1) is 19.2. The lowest BCUT2D eigenvalue weighted by Crippen LogP contribution is -2.44. The van der Waals surface area contributed by atoms with Crippen molar-refractivity contribution < 1.29 is 9.84 Å². The van der Waals surface area contributed by atoms with Gasteiger partial charge in [-0.05, 0) is 50.3 Å². The second kappa shape index (κ2) is 7.45. The molecule has 0 aromatic carbocycles. The molecule has 156 valence electrons. The number of nitriles is 1. The second-order valence-corrected chi connectivity index (χ2v) is 8.36. The van der Waals surface area contributed by atoms with Crippen LogP contribution in [-0.4, -0.2) is 52.2 Å². The standard InChI is InChI=1S/C21H25N7O2/c1-14-13-30-9-8-27(14)19-10-17(21(29)5-2-15(11-22)3-6-21)16-12-24-28(20(16)25-19)18-4-7-23-26-18/h4,10,12,14-15,29H,2-3,5-9,13H2,1H3/t14-,15?,21?/m1/s1. The quantitative estimate of drug-likeness (QED) is 0.837. The predicted octanol–water partition coefficient (Wildman–Crippen LogP) is 2.82. The number of ether oxygens (including phenoxy) is 1. The summed E-state index contributed by atoms with van der Waals surface area (Å²) in [5.74, 6) is 1.46. The first-order valence-corrected chi connectivity index (χ1v) is 10.5. The summed E-state index contributed by atoms with van der Waals surface area (Å²) in [7, 11) is 0. The number of rotatable bonds is 3. The van der Waals surface area contributed by atoms with Crippen molar-refractivity contribution >= 4 is 22.7 Å². The van der Waals surface area contributed by atoms with E-state index in [0.29, 0.717) is 56.9 Å². The Balaban J connectivity index is 1.65. The molecule has 9 nitrogen and oxygen atoms in total. The van der Waals surface area contributed by atoms with Crippen LogP contribution in [0.3, 0.4) is 0 Å². The van der Waals surface area contributed by atoms with Crippen LogP contribution in [0.4, 0.5) is 5.82 Å². The maximum Gasteiger partial charge on any atom is 0.175 e. The molecule has 0 radical (unpaired) electrons. The summed E-state index contributed by atoms with van der Waals surface area (Å²) in [5, 5.41) is 34.5. The van der Waals surface area contributed by atoms with Crippen molar-refractivity contribution in [2.75, 3.05) is 31.2 Å². The van der Waals surface area contributed by atoms with E-state index < -0.39 is 5.60 Å². The Labute approximate surface area is 174 Å². The van der Waals surface area contributed by atoms with Crippen LogP contribution in [0.15, 0.2) is 28.6 Å². The van der Waals surface area contributed by atoms with E-state index >= 15 is 0 Å². The minimum atomic E-state index is -1.00. The molecule has 2 fully saturated rings. The molecule has 0 amide bonds. The Hall–Kier alpha value is -2.83. The normalized spacial score (nSPS) is 29.2. The molecular weight excluding hydrogens is 382 g/mol. The fourth-order valence-electron chi connectivity index (χ4n) is 4.65. The van der Waals surface area contributed by atoms with Gasteiger partial charge in [-0.3, -0.25) is 0 Å². The minimum absolute atomic E-state index is 0.00752. The smallest absolute Gasteiger partial charge is 0.175 e. The van der Waals surface area contributed by atoms with Crippen LogP contribution in [-0.2, 0) is 10.3 Å². The Morgan fingerprint density at radius 3 is 2.87 bits per heavy atom. The largest absolute Gasteiger partial charge is 0.385 e. The van der Waals surface area contributed by atoms with E-state index in [-0.39, 0.29) is 12.0 Å². The Kier molecular flexibility index (Phi) is 4.76. The monoisotopic (exact) mass is 407 g/mol. The molecule has 0 unspecified atom stereocenters. The van der Waals surface area contributed by atoms with E-state index in [0.717, 1.165) is 23.3 Å². The maximum atomic E-state index is 11.6. The molecule has 1 atom stereocenters. The SMILES string of the molecule is C[C@@H]1COCCN1c1cc(C2(O)CCC(C#N)CC2)c2cnn(C3=CCN=N3)c2n1. The summed E-state index contributed by atoms with van der Waals surface area (Å²) in [6.45, 7) is 4.67. The molecule has 2 aromatic heterocycles. The number of azo groups is 1. The molecule has 1 saturated heterocycles. The zero-order chi connectivity index (χ0) is 20.7. The highest BCUT2D eigenvalue weighted by atomic mass is 16.5. The zero-order valence-electron chi connectivity index (χ0n) is 17.0. The lowest BCUT2D eigenvalue weighted by Gasteiger charge is -2.37. The van der Waals surface area contributed by atoms with Gasteiger partial charge in [-0.2, -0.15) is 20.2 Å². The van der Waals surface area contributed by atoms with Gasteiger partial charge in [0, 0.05) is 17.8 Å². The van der Waals surface area contributed by atoms with Crippen LogP contribution in [0.2, 0.25) is 0 Å². The van der Waals surface area contributed by atoms with Gasteiger partial charge in [-0.15, -0.1) is 5.11 Å². The molecule has 5 rings (SSSR count). The summed E-state index contributed by atoms with van der Waals surface area (Å²) >= 11 is 0. The molecule has 2 aliphatic heterocycles. The van der Waals surface area contributed by atoms with Gasteiger partial charge >= 0.3 is 0 Å². The molecular formula is C21H25N7O2. The van der Waals surface area contributed by atoms with E-state index in [1.165, 1.54) is 0 Å². The van der Waals surface area contributed by atoms with Crippen molar-refractivity contribution in [2.45, 2.75) is 44.2 Å². The maximum absolute atomic E-state index is 11.6. The van der Waals surface area contributed by atoms with Crippen LogP contribution in [0.25, 0.3) is 16.9 Å². The predicted molar refractivity (Wildman–Crippen MR) is 111 cm³/mol. The summed E-state index contributed by atoms with van der Waals surface area (Å²) in [5.41, 5.74) is 0.501. The zero-order valence-corrected chi connectivity index (χ0v) is 17.0. The number of hydrogen-bond acceptors (Lipinski definition) is 8. The van der Waals surface area contributed by atoms with E-state index in [2.05, 4.69) is 33.2 Å². The molecule has 0 spiro atoms. The van der Waals surface area contributed by atoms with Crippen molar-refractivity contribution in [1.82, 2.24) is 14.8 Å². The first-order valence-electron chi connectivity index (χ1n) is 10.5. The van der Waals surface area contributed by atoms with Crippen molar-refractivity contribution in [3.8, 4) is 6.07 Å². The average Bonchev–Trinajstić information content (AvgIpc) is 3.43. The lowest BCUT2D eigenvalue weighted by atomic mass is 9.75. The Morgan fingerprint density at radius 2 is 2.17 bits per heavy atom. The number of aliphatic hydroxyl groups is 1. The molecule has 1 N–H and O–H groups in total. The molecule has 1 saturated carbocycles. The van der Waals surface area contributed by atoms with Crippen molar-refractivity contribution in [1.29, 1.82) is 5.26 Å². The highest BCUT2D eigenvalue weighted by molar-refractivity contribution is 5.84. The van der Waals surface area contributed by atoms with E-state index in [1.807, 2.05) is 12.1 Å². The lowest BCUT2D eigenvalue weighted by molar-refractivity contribution is -0.00679. The number of nitrogens with zero attached hydrogens (tertiary/aromatic N) is 7. The van der Waals surface area contributed by atoms with Crippen molar-refractivity contribution in [2.24, 2.45) is 16.1 Å². The Bertz CT molecular complexity index is 1060. The van der Waals surface area contributed by atoms with Crippen LogP contribution in [0.5, 0.6) is 0 Å². The third-order valence-electron chi connectivity index (χ3n) is 6.43. The van der Waals surface area contributed by atoms with Crippen LogP contribution in [0, 0.1) is 17.2 Å². The number of anilines is 1. The van der Waals surface area contributed by atoms with Crippen molar-refractivity contribution in [3.63, 3.8) is 0 Å². The van der Waals surface area contributed by atoms with E-state index in [1.54, 1.807) is 10.9 Å². The second-order valence-electron chi connectivity index (χ2n) is 8.36. The number of morpholine rings is 1. The van der Waals surface area contributed by atoms with E-state index in [4.69, 9.17) is 9.72 Å². The third-order valence-corrected chi connectivity index (χ3v) is 6.43. The molecule has 1 aliphatic carbocycles. The van der Waals surface area contributed by atoms with Gasteiger partial charge in [0.2, 0.25) is 0 Å². The van der Waals surface area contributed by atoms with Gasteiger partial charge < -0.3 is 14.7 Å². The summed E-state index contributed by atoms with van der Waals surface area (Å²) in [6.07, 6.45) is 6.14. The number of fused-ring (bicyclic) bond motifs is 1. The van der Waals surface area contributed by atoms with Gasteiger partial charge in [0.15, 0.2) is 11.5 Å². The fourth-order valence-corrected chi connectivity index (χ4v) is 4.65. The molecule has 30 heavy (non-hydrogen) atoms. The highest BCUT2D eigenvalue weighted by Gasteiger charge is 2.38. The molecule has 9 heteroatoms. The highest BCUT2D eigenvalue weighted by Crippen LogP contribution is 2.43. The summed E-state index contributed by atoms with van der Waals surface area (Å²) < 4.78 is 7.30. The molecule has 0 bridgehead atoms. The first-order chi connectivity index (χ1) is 14.6. The number of aromatic nitrogens is 3. The number of hydrogen-bond donors (Lipinski definition) is 1. The average molecular weight is 407 g/mol. The van der Waals surface area contributed by atoms with Crippen LogP contribution < -0.4 is 4.90 Å². The van der Waals surface area contributed by atoms with Gasteiger partial charge in [-0.1, -0.05) is 0 Å². The van der Waals surface area contributed by atoms with Crippen molar-refractivity contribution in [3.05, 3.63) is 23.9 Å². The van der Waals surface area contributed by atoms with Crippen LogP contribution >= 0.6 is 0 Å². The fraction of sp³-hybridized carbons (Fsp3) is 0.571. The van der Waals surface area contributed by atoms with E-state index in [9.17, 15) is 10.4 Å². The third kappa shape index (κ3) is 3.16. The van der Waals surface area contributed by atoms with Gasteiger partial charge in [0.1, 0.15) is 5.82 Å². The molecule has 4 heterocycles. The van der Waals surface area contributed by atoms with Gasteiger partial charge in [0.25, 0.3) is 0 Å². The molecule has 3 aliphatic rings. The Morgan fingerprint density at radius 1 is 1.33 bits per heavy atom.